The Morgan fingerprint density at radius 1 is 1.47 bits per heavy atom. The molecule has 0 radical (unpaired) electrons. The van der Waals surface area contributed by atoms with Crippen LogP contribution < -0.4 is 4.90 Å². The minimum atomic E-state index is 0.771. The van der Waals surface area contributed by atoms with E-state index >= 15 is 0 Å². The topological polar surface area (TPSA) is 16.1 Å². The van der Waals surface area contributed by atoms with Crippen molar-refractivity contribution in [2.24, 2.45) is 0 Å². The highest BCUT2D eigenvalue weighted by Gasteiger charge is 2.11. The second kappa shape index (κ2) is 5.85. The fraction of sp³-hybridized carbons (Fsp3) is 0.250. The van der Waals surface area contributed by atoms with Crippen LogP contribution in [0.5, 0.6) is 0 Å². The summed E-state index contributed by atoms with van der Waals surface area (Å²) in [5, 5.41) is 3.63. The molecule has 0 amide bonds. The van der Waals surface area contributed by atoms with E-state index in [1.54, 1.807) is 11.3 Å². The van der Waals surface area contributed by atoms with Crippen molar-refractivity contribution in [1.82, 2.24) is 4.98 Å². The number of aromatic nitrogens is 1. The van der Waals surface area contributed by atoms with Crippen molar-refractivity contribution in [2.45, 2.75) is 11.9 Å². The highest BCUT2D eigenvalue weighted by atomic mass is 79.9. The van der Waals surface area contributed by atoms with Crippen molar-refractivity contribution in [1.29, 1.82) is 0 Å². The molecule has 1 aromatic carbocycles. The Bertz CT molecular complexity index is 487. The number of anilines is 1. The van der Waals surface area contributed by atoms with Crippen LogP contribution in [0.15, 0.2) is 29.1 Å². The van der Waals surface area contributed by atoms with Gasteiger partial charge in [0.15, 0.2) is 0 Å². The Morgan fingerprint density at radius 2 is 2.29 bits per heavy atom. The number of alkyl halides is 1. The molecule has 2 nitrogen and oxygen atoms in total. The van der Waals surface area contributed by atoms with Crippen LogP contribution in [-0.4, -0.2) is 12.0 Å². The molecule has 0 aliphatic heterocycles. The maximum Gasteiger partial charge on any atom is 0.0795 e. The highest BCUT2D eigenvalue weighted by molar-refractivity contribution is 9.08. The summed E-state index contributed by atoms with van der Waals surface area (Å²) in [6.45, 7) is 0.771. The van der Waals surface area contributed by atoms with Crippen molar-refractivity contribution in [2.75, 3.05) is 11.9 Å². The summed E-state index contributed by atoms with van der Waals surface area (Å²) in [5.41, 5.74) is 5.17. The standard InChI is InChI=1S/C12H12BrClN2S/c1-16(6-10-7-17-8-15-10)12-9(5-13)3-2-4-11(12)14/h2-4,7-8H,5-6H2,1H3. The first kappa shape index (κ1) is 12.9. The Kier molecular flexibility index (Phi) is 4.42. The van der Waals surface area contributed by atoms with E-state index in [9.17, 15) is 0 Å². The van der Waals surface area contributed by atoms with Gasteiger partial charge in [0.2, 0.25) is 0 Å². The summed E-state index contributed by atoms with van der Waals surface area (Å²) in [5.74, 6) is 0. The van der Waals surface area contributed by atoms with Crippen LogP contribution in [0.3, 0.4) is 0 Å². The maximum absolute atomic E-state index is 6.26. The van der Waals surface area contributed by atoms with Gasteiger partial charge in [-0.25, -0.2) is 4.98 Å². The average molecular weight is 332 g/mol. The lowest BCUT2D eigenvalue weighted by Crippen LogP contribution is -2.18. The smallest absolute Gasteiger partial charge is 0.0795 e. The first-order valence-corrected chi connectivity index (χ1v) is 7.58. The van der Waals surface area contributed by atoms with E-state index in [1.807, 2.05) is 24.7 Å². The summed E-state index contributed by atoms with van der Waals surface area (Å²) >= 11 is 11.4. The Labute approximate surface area is 118 Å². The lowest BCUT2D eigenvalue weighted by atomic mass is 10.2. The Balaban J connectivity index is 2.26. The number of hydrogen-bond donors (Lipinski definition) is 0. The SMILES string of the molecule is CN(Cc1cscn1)c1c(Cl)cccc1CBr. The van der Waals surface area contributed by atoms with Crippen molar-refractivity contribution >= 4 is 44.6 Å². The number of benzene rings is 1. The van der Waals surface area contributed by atoms with Crippen LogP contribution in [0.1, 0.15) is 11.3 Å². The van der Waals surface area contributed by atoms with Gasteiger partial charge >= 0.3 is 0 Å². The van der Waals surface area contributed by atoms with Gasteiger partial charge in [0.05, 0.1) is 28.5 Å². The molecule has 0 N–H and O–H groups in total. The largest absolute Gasteiger partial charge is 0.367 e. The molecule has 0 bridgehead atoms. The second-order valence-electron chi connectivity index (χ2n) is 3.72. The predicted molar refractivity (Wildman–Crippen MR) is 78.3 cm³/mol. The van der Waals surface area contributed by atoms with Crippen LogP contribution in [0.2, 0.25) is 5.02 Å². The molecular weight excluding hydrogens is 320 g/mol. The quantitative estimate of drug-likeness (QED) is 0.775. The molecule has 2 rings (SSSR count). The van der Waals surface area contributed by atoms with E-state index in [0.717, 1.165) is 28.3 Å². The van der Waals surface area contributed by atoms with Gasteiger partial charge in [-0.1, -0.05) is 39.7 Å². The number of nitrogens with zero attached hydrogens (tertiary/aromatic N) is 2. The van der Waals surface area contributed by atoms with Gasteiger partial charge in [-0.2, -0.15) is 0 Å². The molecule has 0 spiro atoms. The molecule has 1 aromatic heterocycles. The van der Waals surface area contributed by atoms with Crippen molar-refractivity contribution < 1.29 is 0 Å². The zero-order valence-electron chi connectivity index (χ0n) is 9.36. The van der Waals surface area contributed by atoms with Crippen LogP contribution in [0.4, 0.5) is 5.69 Å². The van der Waals surface area contributed by atoms with E-state index in [2.05, 4.69) is 37.3 Å². The Hall–Kier alpha value is -0.580. The fourth-order valence-electron chi connectivity index (χ4n) is 1.73. The average Bonchev–Trinajstić information content (AvgIpc) is 2.81. The van der Waals surface area contributed by atoms with Gasteiger partial charge in [0.1, 0.15) is 0 Å². The minimum absolute atomic E-state index is 0.771. The summed E-state index contributed by atoms with van der Waals surface area (Å²) in [6, 6.07) is 5.97. The Morgan fingerprint density at radius 3 is 2.94 bits per heavy atom. The molecule has 0 atom stereocenters. The molecule has 0 saturated carbocycles. The molecule has 17 heavy (non-hydrogen) atoms. The lowest BCUT2D eigenvalue weighted by molar-refractivity contribution is 0.890. The number of halogens is 2. The normalized spacial score (nSPS) is 10.5. The maximum atomic E-state index is 6.26. The van der Waals surface area contributed by atoms with Crippen molar-refractivity contribution in [3.63, 3.8) is 0 Å². The third-order valence-corrected chi connectivity index (χ3v) is 4.02. The number of thiazole rings is 1. The molecule has 0 saturated heterocycles. The van der Waals surface area contributed by atoms with Gasteiger partial charge in [-0.15, -0.1) is 11.3 Å². The third kappa shape index (κ3) is 3.00. The zero-order valence-corrected chi connectivity index (χ0v) is 12.5. The monoisotopic (exact) mass is 330 g/mol. The molecule has 0 unspecified atom stereocenters. The summed E-state index contributed by atoms with van der Waals surface area (Å²) in [6.07, 6.45) is 0. The fourth-order valence-corrected chi connectivity index (χ4v) is 3.07. The predicted octanol–water partition coefficient (Wildman–Crippen LogP) is 4.33. The van der Waals surface area contributed by atoms with Crippen LogP contribution in [0.25, 0.3) is 0 Å². The van der Waals surface area contributed by atoms with E-state index < -0.39 is 0 Å². The van der Waals surface area contributed by atoms with Crippen LogP contribution in [0, 0.1) is 0 Å². The summed E-state index contributed by atoms with van der Waals surface area (Å²) in [4.78, 5) is 6.42. The molecule has 1 heterocycles. The molecule has 0 aliphatic carbocycles. The first-order chi connectivity index (χ1) is 8.22. The summed E-state index contributed by atoms with van der Waals surface area (Å²) < 4.78 is 0. The van der Waals surface area contributed by atoms with Gasteiger partial charge in [0.25, 0.3) is 0 Å². The van der Waals surface area contributed by atoms with Crippen LogP contribution in [-0.2, 0) is 11.9 Å². The van der Waals surface area contributed by atoms with E-state index in [0.29, 0.717) is 0 Å². The minimum Gasteiger partial charge on any atom is -0.367 e. The van der Waals surface area contributed by atoms with Gasteiger partial charge < -0.3 is 4.90 Å². The molecule has 0 aliphatic rings. The highest BCUT2D eigenvalue weighted by Crippen LogP contribution is 2.31. The third-order valence-electron chi connectivity index (χ3n) is 2.48. The van der Waals surface area contributed by atoms with Crippen molar-refractivity contribution in [3.8, 4) is 0 Å². The van der Waals surface area contributed by atoms with E-state index in [-0.39, 0.29) is 0 Å². The molecule has 90 valence electrons. The number of para-hydroxylation sites is 1. The number of hydrogen-bond acceptors (Lipinski definition) is 3. The molecule has 5 heteroatoms. The molecule has 0 fully saturated rings. The van der Waals surface area contributed by atoms with Gasteiger partial charge in [-0.3, -0.25) is 0 Å². The van der Waals surface area contributed by atoms with E-state index in [4.69, 9.17) is 11.6 Å². The lowest BCUT2D eigenvalue weighted by Gasteiger charge is -2.22. The zero-order chi connectivity index (χ0) is 12.3. The number of rotatable bonds is 4. The molecular formula is C12H12BrClN2S. The van der Waals surface area contributed by atoms with E-state index in [1.165, 1.54) is 5.56 Å². The van der Waals surface area contributed by atoms with Crippen LogP contribution >= 0.6 is 38.9 Å². The summed E-state index contributed by atoms with van der Waals surface area (Å²) in [7, 11) is 2.03. The van der Waals surface area contributed by atoms with Gasteiger partial charge in [0, 0.05) is 17.8 Å². The van der Waals surface area contributed by atoms with Crippen molar-refractivity contribution in [3.05, 3.63) is 45.4 Å². The second-order valence-corrected chi connectivity index (χ2v) is 5.40. The van der Waals surface area contributed by atoms with Gasteiger partial charge in [-0.05, 0) is 11.6 Å². The molecule has 2 aromatic rings. The first-order valence-electron chi connectivity index (χ1n) is 5.14.